The van der Waals surface area contributed by atoms with E-state index in [2.05, 4.69) is 9.97 Å². The Bertz CT molecular complexity index is 917. The molecule has 0 radical (unpaired) electrons. The van der Waals surface area contributed by atoms with Crippen molar-refractivity contribution in [1.29, 1.82) is 5.41 Å². The molecule has 1 aliphatic rings. The van der Waals surface area contributed by atoms with Crippen molar-refractivity contribution in [2.45, 2.75) is 38.1 Å². The summed E-state index contributed by atoms with van der Waals surface area (Å²) in [6, 6.07) is 0. The van der Waals surface area contributed by atoms with Gasteiger partial charge in [-0.25, -0.2) is 9.97 Å². The molecule has 9 N–H and O–H groups in total. The molecular weight excluding hydrogens is 412 g/mol. The summed E-state index contributed by atoms with van der Waals surface area (Å²) in [5, 5.41) is 7.89. The molecule has 1 aliphatic carbocycles. The number of anilines is 2. The predicted molar refractivity (Wildman–Crippen MR) is 113 cm³/mol. The summed E-state index contributed by atoms with van der Waals surface area (Å²) in [5.41, 5.74) is 21.1. The fourth-order valence-corrected chi connectivity index (χ4v) is 3.24. The van der Waals surface area contributed by atoms with Gasteiger partial charge in [0.2, 0.25) is 0 Å². The van der Waals surface area contributed by atoms with Crippen molar-refractivity contribution in [3.05, 3.63) is 34.8 Å². The quantitative estimate of drug-likeness (QED) is 0.292. The maximum Gasteiger partial charge on any atom is 0.283 e. The van der Waals surface area contributed by atoms with E-state index in [4.69, 9.17) is 44.7 Å². The van der Waals surface area contributed by atoms with Gasteiger partial charge < -0.3 is 27.7 Å². The van der Waals surface area contributed by atoms with Gasteiger partial charge >= 0.3 is 0 Å². The van der Waals surface area contributed by atoms with Crippen molar-refractivity contribution >= 4 is 41.0 Å². The van der Waals surface area contributed by atoms with Crippen LogP contribution >= 0.6 is 11.6 Å². The number of allylic oxidation sites excluding steroid dienone is 1. The Morgan fingerprint density at radius 2 is 2.00 bits per heavy atom. The maximum atomic E-state index is 13.3. The number of unbranched alkanes of at least 4 members (excludes halogenated alkanes) is 1. The second kappa shape index (κ2) is 9.44. The highest BCUT2D eigenvalue weighted by atomic mass is 35.5. The lowest BCUT2D eigenvalue weighted by molar-refractivity contribution is -0.121. The van der Waals surface area contributed by atoms with Gasteiger partial charge in [0, 0.05) is 0 Å². The largest absolute Gasteiger partial charge is 0.484 e. The number of carbonyl (C=O) groups is 2. The molecule has 1 atom stereocenters. The molecule has 2 rings (SSSR count). The third-order valence-electron chi connectivity index (χ3n) is 4.56. The Kier molecular flexibility index (Phi) is 7.22. The first-order chi connectivity index (χ1) is 14.1. The van der Waals surface area contributed by atoms with Gasteiger partial charge in [-0.05, 0) is 25.0 Å². The third kappa shape index (κ3) is 4.98. The fourth-order valence-electron chi connectivity index (χ4n) is 3.11. The van der Waals surface area contributed by atoms with Crippen LogP contribution in [0.4, 0.5) is 11.6 Å². The number of carbonyl (C=O) groups excluding carboxylic acids is 2. The summed E-state index contributed by atoms with van der Waals surface area (Å²) < 4.78 is 5.31. The van der Waals surface area contributed by atoms with Gasteiger partial charge in [0.05, 0.1) is 5.54 Å². The first-order valence-corrected chi connectivity index (χ1v) is 9.56. The van der Waals surface area contributed by atoms with Gasteiger partial charge in [0.15, 0.2) is 35.0 Å². The molecule has 1 heterocycles. The lowest BCUT2D eigenvalue weighted by Gasteiger charge is -2.42. The van der Waals surface area contributed by atoms with Crippen molar-refractivity contribution < 1.29 is 14.3 Å². The number of rotatable bonds is 8. The number of hydrogen-bond acceptors (Lipinski definition) is 8. The highest BCUT2D eigenvalue weighted by Gasteiger charge is 2.41. The average molecular weight is 437 g/mol. The maximum absolute atomic E-state index is 13.3. The van der Waals surface area contributed by atoms with Crippen LogP contribution in [0.2, 0.25) is 5.15 Å². The van der Waals surface area contributed by atoms with Crippen LogP contribution in [0.3, 0.4) is 0 Å². The molecule has 0 fully saturated rings. The van der Waals surface area contributed by atoms with E-state index >= 15 is 0 Å². The van der Waals surface area contributed by atoms with E-state index in [0.717, 1.165) is 17.7 Å². The standard InChI is InChI=1S/C18H25ClN8O3/c1-2-3-6-18(7-4-10(5-8-18)30-9-11(20)28)27(17(23)24)16(29)12-14(21)26-15(22)13(19)25-12/h4-5,7H,2-3,6,8-9H2,1H3,(H2,20,28)(H3,23,24)(H4,21,22,26). The topological polar surface area (TPSA) is 200 Å². The molecule has 11 nitrogen and oxygen atoms in total. The van der Waals surface area contributed by atoms with E-state index in [0.29, 0.717) is 12.2 Å². The molecule has 30 heavy (non-hydrogen) atoms. The minimum atomic E-state index is -0.972. The van der Waals surface area contributed by atoms with Crippen LogP contribution in [0.5, 0.6) is 0 Å². The number of nitrogens with one attached hydrogen (secondary N) is 1. The van der Waals surface area contributed by atoms with Crippen LogP contribution < -0.4 is 22.9 Å². The van der Waals surface area contributed by atoms with Crippen LogP contribution in [-0.4, -0.2) is 44.8 Å². The van der Waals surface area contributed by atoms with Crippen LogP contribution in [0.15, 0.2) is 24.0 Å². The van der Waals surface area contributed by atoms with E-state index in [-0.39, 0.29) is 35.5 Å². The van der Waals surface area contributed by atoms with E-state index in [1.54, 1.807) is 18.2 Å². The van der Waals surface area contributed by atoms with Crippen LogP contribution in [0.1, 0.15) is 43.1 Å². The summed E-state index contributed by atoms with van der Waals surface area (Å²) >= 11 is 5.91. The number of primary amides is 1. The molecule has 0 bridgehead atoms. The van der Waals surface area contributed by atoms with Gasteiger partial charge in [-0.15, -0.1) is 0 Å². The molecule has 1 aromatic rings. The second-order valence-corrected chi connectivity index (χ2v) is 7.12. The van der Waals surface area contributed by atoms with Crippen molar-refractivity contribution in [2.24, 2.45) is 11.5 Å². The van der Waals surface area contributed by atoms with E-state index < -0.39 is 23.3 Å². The van der Waals surface area contributed by atoms with Gasteiger partial charge in [-0.2, -0.15) is 0 Å². The summed E-state index contributed by atoms with van der Waals surface area (Å²) in [5.74, 6) is -1.75. The lowest BCUT2D eigenvalue weighted by Crippen LogP contribution is -2.56. The molecule has 12 heteroatoms. The Labute approximate surface area is 178 Å². The molecule has 1 aromatic heterocycles. The zero-order valence-corrected chi connectivity index (χ0v) is 17.3. The number of guanidine groups is 1. The van der Waals surface area contributed by atoms with Crippen LogP contribution in [0.25, 0.3) is 0 Å². The smallest absolute Gasteiger partial charge is 0.283 e. The van der Waals surface area contributed by atoms with Crippen molar-refractivity contribution in [3.8, 4) is 0 Å². The Hall–Kier alpha value is -3.34. The SMILES string of the molecule is CCCCC1(N(C(=N)N)C(=O)c2nc(Cl)c(N)nc2N)C=CC(OCC(N)=O)=CC1. The molecule has 162 valence electrons. The number of halogens is 1. The third-order valence-corrected chi connectivity index (χ3v) is 4.83. The molecule has 0 saturated carbocycles. The number of nitrogens with two attached hydrogens (primary N) is 4. The summed E-state index contributed by atoms with van der Waals surface area (Å²) in [7, 11) is 0. The minimum absolute atomic E-state index is 0.113. The minimum Gasteiger partial charge on any atom is -0.484 e. The number of amides is 2. The average Bonchev–Trinajstić information content (AvgIpc) is 2.68. The monoisotopic (exact) mass is 436 g/mol. The first kappa shape index (κ1) is 22.9. The number of aromatic nitrogens is 2. The molecule has 0 saturated heterocycles. The van der Waals surface area contributed by atoms with Crippen molar-refractivity contribution in [1.82, 2.24) is 14.9 Å². The molecule has 0 spiro atoms. The Balaban J connectivity index is 2.44. The van der Waals surface area contributed by atoms with Gasteiger partial charge in [0.1, 0.15) is 5.76 Å². The Morgan fingerprint density at radius 1 is 1.30 bits per heavy atom. The number of ether oxygens (including phenoxy) is 1. The lowest BCUT2D eigenvalue weighted by atomic mass is 9.83. The van der Waals surface area contributed by atoms with Crippen molar-refractivity contribution in [3.63, 3.8) is 0 Å². The van der Waals surface area contributed by atoms with Gasteiger partial charge in [-0.3, -0.25) is 19.9 Å². The Morgan fingerprint density at radius 3 is 2.53 bits per heavy atom. The van der Waals surface area contributed by atoms with E-state index in [9.17, 15) is 9.59 Å². The van der Waals surface area contributed by atoms with Crippen LogP contribution in [-0.2, 0) is 9.53 Å². The zero-order chi connectivity index (χ0) is 22.5. The zero-order valence-electron chi connectivity index (χ0n) is 16.5. The summed E-state index contributed by atoms with van der Waals surface area (Å²) in [6.07, 6.45) is 7.39. The predicted octanol–water partition coefficient (Wildman–Crippen LogP) is 0.905. The second-order valence-electron chi connectivity index (χ2n) is 6.77. The highest BCUT2D eigenvalue weighted by molar-refractivity contribution is 6.31. The van der Waals surface area contributed by atoms with Crippen LogP contribution in [0, 0.1) is 5.41 Å². The molecule has 0 aliphatic heterocycles. The molecule has 2 amide bonds. The van der Waals surface area contributed by atoms with E-state index in [1.165, 1.54) is 0 Å². The number of nitrogen functional groups attached to an aromatic ring is 2. The van der Waals surface area contributed by atoms with E-state index in [1.807, 2.05) is 6.92 Å². The first-order valence-electron chi connectivity index (χ1n) is 9.19. The summed E-state index contributed by atoms with van der Waals surface area (Å²) in [6.45, 7) is 1.73. The summed E-state index contributed by atoms with van der Waals surface area (Å²) in [4.78, 5) is 33.1. The van der Waals surface area contributed by atoms with Crippen molar-refractivity contribution in [2.75, 3.05) is 18.1 Å². The number of nitrogens with zero attached hydrogens (tertiary/aromatic N) is 3. The fraction of sp³-hybridized carbons (Fsp3) is 0.389. The molecular formula is C18H25ClN8O3. The highest BCUT2D eigenvalue weighted by Crippen LogP contribution is 2.34. The number of hydrogen-bond donors (Lipinski definition) is 5. The molecule has 1 unspecified atom stereocenters. The van der Waals surface area contributed by atoms with Gasteiger partial charge in [0.25, 0.3) is 11.8 Å². The van der Waals surface area contributed by atoms with Gasteiger partial charge in [-0.1, -0.05) is 37.4 Å². The molecule has 0 aromatic carbocycles. The normalized spacial score (nSPS) is 17.9.